The standard InChI is InChI=1S/C12H11ClO3/c1-16-11-5-4-10(13)9-6-7(12(14)15)2-3-8(9)11/h4-6H,2-3H2,1H3,(H,14,15). The Labute approximate surface area is 98.3 Å². The zero-order chi connectivity index (χ0) is 11.7. The van der Waals surface area contributed by atoms with Gasteiger partial charge in [0.25, 0.3) is 0 Å². The summed E-state index contributed by atoms with van der Waals surface area (Å²) >= 11 is 6.05. The second-order valence-electron chi connectivity index (χ2n) is 3.62. The lowest BCUT2D eigenvalue weighted by molar-refractivity contribution is -0.132. The Morgan fingerprint density at radius 3 is 2.81 bits per heavy atom. The van der Waals surface area contributed by atoms with E-state index in [1.165, 1.54) is 0 Å². The van der Waals surface area contributed by atoms with Gasteiger partial charge in [-0.05, 0) is 31.1 Å². The van der Waals surface area contributed by atoms with Crippen molar-refractivity contribution in [3.05, 3.63) is 33.9 Å². The van der Waals surface area contributed by atoms with Crippen LogP contribution >= 0.6 is 11.6 Å². The molecule has 3 nitrogen and oxygen atoms in total. The molecule has 0 atom stereocenters. The number of hydrogen-bond acceptors (Lipinski definition) is 2. The second-order valence-corrected chi connectivity index (χ2v) is 4.02. The number of aliphatic carboxylic acids is 1. The number of carboxylic acids is 1. The zero-order valence-electron chi connectivity index (χ0n) is 8.79. The lowest BCUT2D eigenvalue weighted by Gasteiger charge is -2.18. The molecule has 0 spiro atoms. The van der Waals surface area contributed by atoms with Gasteiger partial charge < -0.3 is 9.84 Å². The highest BCUT2D eigenvalue weighted by molar-refractivity contribution is 6.32. The van der Waals surface area contributed by atoms with E-state index in [0.29, 0.717) is 23.4 Å². The minimum absolute atomic E-state index is 0.391. The lowest BCUT2D eigenvalue weighted by atomic mass is 9.91. The molecule has 0 fully saturated rings. The summed E-state index contributed by atoms with van der Waals surface area (Å²) < 4.78 is 5.23. The summed E-state index contributed by atoms with van der Waals surface area (Å²) in [4.78, 5) is 10.9. The maximum absolute atomic E-state index is 10.9. The van der Waals surface area contributed by atoms with Crippen molar-refractivity contribution in [3.63, 3.8) is 0 Å². The van der Waals surface area contributed by atoms with Gasteiger partial charge in [-0.25, -0.2) is 4.79 Å². The zero-order valence-corrected chi connectivity index (χ0v) is 9.54. The van der Waals surface area contributed by atoms with Gasteiger partial charge in [0.2, 0.25) is 0 Å². The van der Waals surface area contributed by atoms with Gasteiger partial charge in [0.05, 0.1) is 7.11 Å². The number of hydrogen-bond donors (Lipinski definition) is 1. The van der Waals surface area contributed by atoms with Gasteiger partial charge in [-0.3, -0.25) is 0 Å². The smallest absolute Gasteiger partial charge is 0.331 e. The van der Waals surface area contributed by atoms with Crippen LogP contribution in [0.15, 0.2) is 17.7 Å². The molecule has 0 aliphatic heterocycles. The van der Waals surface area contributed by atoms with Crippen LogP contribution in [-0.4, -0.2) is 18.2 Å². The summed E-state index contributed by atoms with van der Waals surface area (Å²) in [6.07, 6.45) is 2.79. The summed E-state index contributed by atoms with van der Waals surface area (Å²) in [5, 5.41) is 9.50. The summed E-state index contributed by atoms with van der Waals surface area (Å²) in [6, 6.07) is 3.53. The third-order valence-electron chi connectivity index (χ3n) is 2.72. The number of fused-ring (bicyclic) bond motifs is 1. The van der Waals surface area contributed by atoms with Gasteiger partial charge in [-0.1, -0.05) is 11.6 Å². The van der Waals surface area contributed by atoms with E-state index in [9.17, 15) is 4.79 Å². The highest BCUT2D eigenvalue weighted by Gasteiger charge is 2.20. The molecule has 2 rings (SSSR count). The lowest BCUT2D eigenvalue weighted by Crippen LogP contribution is -2.08. The number of benzene rings is 1. The van der Waals surface area contributed by atoms with Gasteiger partial charge in [0.15, 0.2) is 0 Å². The molecule has 0 radical (unpaired) electrons. The third-order valence-corrected chi connectivity index (χ3v) is 3.05. The molecule has 0 unspecified atom stereocenters. The molecule has 0 heterocycles. The van der Waals surface area contributed by atoms with Crippen LogP contribution in [0.1, 0.15) is 17.5 Å². The molecule has 4 heteroatoms. The molecule has 16 heavy (non-hydrogen) atoms. The van der Waals surface area contributed by atoms with E-state index in [-0.39, 0.29) is 0 Å². The summed E-state index contributed by atoms with van der Waals surface area (Å²) in [6.45, 7) is 0. The number of ether oxygens (including phenoxy) is 1. The number of halogens is 1. The molecule has 0 bridgehead atoms. The largest absolute Gasteiger partial charge is 0.496 e. The first kappa shape index (κ1) is 11.0. The topological polar surface area (TPSA) is 46.5 Å². The molecule has 84 valence electrons. The number of methoxy groups -OCH3 is 1. The number of rotatable bonds is 2. The molecule has 0 saturated heterocycles. The first-order chi connectivity index (χ1) is 7.63. The van der Waals surface area contributed by atoms with Crippen molar-refractivity contribution in [2.45, 2.75) is 12.8 Å². The first-order valence-corrected chi connectivity index (χ1v) is 5.30. The fourth-order valence-corrected chi connectivity index (χ4v) is 2.13. The fraction of sp³-hybridized carbons (Fsp3) is 0.250. The highest BCUT2D eigenvalue weighted by atomic mass is 35.5. The minimum Gasteiger partial charge on any atom is -0.496 e. The monoisotopic (exact) mass is 238 g/mol. The summed E-state index contributed by atoms with van der Waals surface area (Å²) in [7, 11) is 1.60. The maximum Gasteiger partial charge on any atom is 0.331 e. The van der Waals surface area contributed by atoms with Crippen molar-refractivity contribution >= 4 is 23.6 Å². The average Bonchev–Trinajstić information content (AvgIpc) is 2.29. The quantitative estimate of drug-likeness (QED) is 0.862. The molecular formula is C12H11ClO3. The Hall–Kier alpha value is -1.48. The molecule has 1 aromatic carbocycles. The van der Waals surface area contributed by atoms with Gasteiger partial charge in [0, 0.05) is 21.7 Å². The SMILES string of the molecule is COc1ccc(Cl)c2c1CCC(C(=O)O)=C2. The van der Waals surface area contributed by atoms with Gasteiger partial charge in [-0.2, -0.15) is 0 Å². The van der Waals surface area contributed by atoms with Crippen LogP contribution in [0.3, 0.4) is 0 Å². The summed E-state index contributed by atoms with van der Waals surface area (Å²) in [5.74, 6) is -0.121. The normalized spacial score (nSPS) is 14.0. The second kappa shape index (κ2) is 4.18. The van der Waals surface area contributed by atoms with Crippen LogP contribution in [0.4, 0.5) is 0 Å². The van der Waals surface area contributed by atoms with Crippen LogP contribution in [-0.2, 0) is 11.2 Å². The van der Waals surface area contributed by atoms with E-state index < -0.39 is 5.97 Å². The minimum atomic E-state index is -0.885. The van der Waals surface area contributed by atoms with E-state index >= 15 is 0 Å². The Morgan fingerprint density at radius 1 is 1.44 bits per heavy atom. The fourth-order valence-electron chi connectivity index (χ4n) is 1.90. The Morgan fingerprint density at radius 2 is 2.19 bits per heavy atom. The molecule has 1 N–H and O–H groups in total. The number of carboxylic acid groups (broad SMARTS) is 1. The van der Waals surface area contributed by atoms with Gasteiger partial charge in [0.1, 0.15) is 5.75 Å². The molecule has 0 saturated carbocycles. The van der Waals surface area contributed by atoms with E-state index in [0.717, 1.165) is 16.9 Å². The van der Waals surface area contributed by atoms with E-state index in [2.05, 4.69) is 0 Å². The van der Waals surface area contributed by atoms with Crippen molar-refractivity contribution in [1.82, 2.24) is 0 Å². The van der Waals surface area contributed by atoms with Crippen LogP contribution in [0.2, 0.25) is 5.02 Å². The number of carbonyl (C=O) groups is 1. The molecular weight excluding hydrogens is 228 g/mol. The highest BCUT2D eigenvalue weighted by Crippen LogP contribution is 2.35. The summed E-state index contributed by atoms with van der Waals surface area (Å²) in [5.41, 5.74) is 2.15. The van der Waals surface area contributed by atoms with Gasteiger partial charge in [-0.15, -0.1) is 0 Å². The van der Waals surface area contributed by atoms with E-state index in [1.54, 1.807) is 25.3 Å². The molecule has 0 amide bonds. The Kier molecular flexibility index (Phi) is 2.88. The van der Waals surface area contributed by atoms with Crippen LogP contribution < -0.4 is 4.74 Å². The predicted octanol–water partition coefficient (Wildman–Crippen LogP) is 2.76. The van der Waals surface area contributed by atoms with Crippen molar-refractivity contribution in [2.24, 2.45) is 0 Å². The molecule has 0 aromatic heterocycles. The maximum atomic E-state index is 10.9. The van der Waals surface area contributed by atoms with Crippen LogP contribution in [0.5, 0.6) is 5.75 Å². The molecule has 1 aliphatic rings. The molecule has 1 aromatic rings. The molecule has 1 aliphatic carbocycles. The van der Waals surface area contributed by atoms with Crippen LogP contribution in [0, 0.1) is 0 Å². The van der Waals surface area contributed by atoms with E-state index in [4.69, 9.17) is 21.4 Å². The Balaban J connectivity index is 2.57. The van der Waals surface area contributed by atoms with Crippen molar-refractivity contribution in [1.29, 1.82) is 0 Å². The first-order valence-electron chi connectivity index (χ1n) is 4.92. The predicted molar refractivity (Wildman–Crippen MR) is 61.9 cm³/mol. The van der Waals surface area contributed by atoms with Crippen molar-refractivity contribution in [3.8, 4) is 5.75 Å². The van der Waals surface area contributed by atoms with E-state index in [1.807, 2.05) is 0 Å². The average molecular weight is 239 g/mol. The van der Waals surface area contributed by atoms with Crippen LogP contribution in [0.25, 0.3) is 6.08 Å². The van der Waals surface area contributed by atoms with Gasteiger partial charge >= 0.3 is 5.97 Å². The van der Waals surface area contributed by atoms with Crippen molar-refractivity contribution < 1.29 is 14.6 Å². The van der Waals surface area contributed by atoms with Crippen molar-refractivity contribution in [2.75, 3.05) is 7.11 Å². The Bertz CT molecular complexity index is 477. The third kappa shape index (κ3) is 1.78.